The number of halogens is 2. The van der Waals surface area contributed by atoms with Crippen molar-refractivity contribution in [1.82, 2.24) is 4.57 Å². The molecule has 2 nitrogen and oxygen atoms in total. The number of nitrogens with zero attached hydrogens (tertiary/aromatic N) is 1. The Labute approximate surface area is 130 Å². The molecule has 0 radical (unpaired) electrons. The molecular weight excluding hydrogens is 403 g/mol. The first-order valence-corrected chi connectivity index (χ1v) is 7.67. The smallest absolute Gasteiger partial charge is 0.0418 e. The summed E-state index contributed by atoms with van der Waals surface area (Å²) in [6.45, 7) is 5.16. The minimum Gasteiger partial charge on any atom is -0.381 e. The number of hydrogen-bond acceptors (Lipinski definition) is 1. The third kappa shape index (κ3) is 2.91. The number of nitrogens with one attached hydrogen (secondary N) is 1. The van der Waals surface area contributed by atoms with Gasteiger partial charge in [0, 0.05) is 38.7 Å². The van der Waals surface area contributed by atoms with Crippen molar-refractivity contribution in [2.45, 2.75) is 20.4 Å². The Hall–Kier alpha value is -0.490. The van der Waals surface area contributed by atoms with E-state index in [0.29, 0.717) is 0 Å². The van der Waals surface area contributed by atoms with E-state index in [-0.39, 0.29) is 0 Å². The van der Waals surface area contributed by atoms with E-state index < -0.39 is 0 Å². The van der Waals surface area contributed by atoms with E-state index in [9.17, 15) is 0 Å². The van der Waals surface area contributed by atoms with Crippen LogP contribution in [0, 0.1) is 17.4 Å². The van der Waals surface area contributed by atoms with Gasteiger partial charge in [0.05, 0.1) is 0 Å². The number of aryl methyl sites for hydroxylation is 1. The van der Waals surface area contributed by atoms with E-state index in [0.717, 1.165) is 16.7 Å². The zero-order valence-electron chi connectivity index (χ0n) is 10.7. The van der Waals surface area contributed by atoms with Gasteiger partial charge in [-0.15, -0.1) is 0 Å². The van der Waals surface area contributed by atoms with Crippen molar-refractivity contribution in [1.29, 1.82) is 0 Å². The molecule has 1 N–H and O–H groups in total. The minimum atomic E-state index is 0.862. The molecule has 0 amide bonds. The SMILES string of the molecule is Cc1cc(CNc2ccc(I)c(Br)c2)c(C)n1C. The van der Waals surface area contributed by atoms with Crippen LogP contribution in [-0.2, 0) is 13.6 Å². The maximum absolute atomic E-state index is 3.55. The summed E-state index contributed by atoms with van der Waals surface area (Å²) in [6, 6.07) is 8.57. The first kappa shape index (κ1) is 13.9. The third-order valence-electron chi connectivity index (χ3n) is 3.28. The summed E-state index contributed by atoms with van der Waals surface area (Å²) < 4.78 is 4.58. The Morgan fingerprint density at radius 2 is 2.00 bits per heavy atom. The van der Waals surface area contributed by atoms with Crippen LogP contribution < -0.4 is 5.32 Å². The second-order valence-electron chi connectivity index (χ2n) is 4.44. The Morgan fingerprint density at radius 1 is 1.28 bits per heavy atom. The highest BCUT2D eigenvalue weighted by molar-refractivity contribution is 14.1. The molecule has 0 fully saturated rings. The molecule has 2 aromatic rings. The Kier molecular flexibility index (Phi) is 4.37. The van der Waals surface area contributed by atoms with Crippen molar-refractivity contribution in [3.8, 4) is 0 Å². The lowest BCUT2D eigenvalue weighted by Crippen LogP contribution is -2.01. The fraction of sp³-hybridized carbons (Fsp3) is 0.286. The molecule has 0 saturated carbocycles. The quantitative estimate of drug-likeness (QED) is 0.719. The van der Waals surface area contributed by atoms with E-state index in [1.165, 1.54) is 20.5 Å². The van der Waals surface area contributed by atoms with Crippen LogP contribution in [0.4, 0.5) is 5.69 Å². The molecule has 1 aromatic heterocycles. The number of anilines is 1. The van der Waals surface area contributed by atoms with E-state index >= 15 is 0 Å². The standard InChI is InChI=1S/C14H16BrIN2/c1-9-6-11(10(2)18(9)3)8-17-12-4-5-14(16)13(15)7-12/h4-7,17H,8H2,1-3H3. The highest BCUT2D eigenvalue weighted by Gasteiger charge is 2.06. The van der Waals surface area contributed by atoms with Crippen LogP contribution in [0.3, 0.4) is 0 Å². The van der Waals surface area contributed by atoms with Crippen molar-refractivity contribution in [2.24, 2.45) is 7.05 Å². The normalized spacial score (nSPS) is 10.7. The summed E-state index contributed by atoms with van der Waals surface area (Å²) in [6.07, 6.45) is 0. The molecule has 1 heterocycles. The largest absolute Gasteiger partial charge is 0.381 e. The molecule has 0 aliphatic rings. The van der Waals surface area contributed by atoms with E-state index in [4.69, 9.17) is 0 Å². The zero-order chi connectivity index (χ0) is 13.3. The molecule has 0 spiro atoms. The van der Waals surface area contributed by atoms with E-state index in [1.807, 2.05) is 0 Å². The van der Waals surface area contributed by atoms with Crippen molar-refractivity contribution in [2.75, 3.05) is 5.32 Å². The van der Waals surface area contributed by atoms with Gasteiger partial charge in [0.25, 0.3) is 0 Å². The Morgan fingerprint density at radius 3 is 2.56 bits per heavy atom. The van der Waals surface area contributed by atoms with Gasteiger partial charge in [-0.2, -0.15) is 0 Å². The van der Waals surface area contributed by atoms with Gasteiger partial charge in [0.2, 0.25) is 0 Å². The molecule has 0 bridgehead atoms. The molecule has 0 aliphatic heterocycles. The molecule has 0 aliphatic carbocycles. The summed E-state index contributed by atoms with van der Waals surface area (Å²) in [5.41, 5.74) is 5.12. The van der Waals surface area contributed by atoms with Crippen molar-refractivity contribution in [3.05, 3.63) is 49.3 Å². The topological polar surface area (TPSA) is 17.0 Å². The molecule has 96 valence electrons. The van der Waals surface area contributed by atoms with Gasteiger partial charge in [-0.25, -0.2) is 0 Å². The molecule has 0 atom stereocenters. The molecule has 0 unspecified atom stereocenters. The van der Waals surface area contributed by atoms with Gasteiger partial charge in [-0.1, -0.05) is 0 Å². The summed E-state index contributed by atoms with van der Waals surface area (Å²) in [5, 5.41) is 3.46. The van der Waals surface area contributed by atoms with Gasteiger partial charge < -0.3 is 9.88 Å². The van der Waals surface area contributed by atoms with Crippen LogP contribution in [-0.4, -0.2) is 4.57 Å². The average molecular weight is 419 g/mol. The lowest BCUT2D eigenvalue weighted by molar-refractivity contribution is 0.837. The lowest BCUT2D eigenvalue weighted by Gasteiger charge is -2.08. The highest BCUT2D eigenvalue weighted by atomic mass is 127. The van der Waals surface area contributed by atoms with Crippen LogP contribution >= 0.6 is 38.5 Å². The van der Waals surface area contributed by atoms with Crippen molar-refractivity contribution in [3.63, 3.8) is 0 Å². The molecular formula is C14H16BrIN2. The van der Waals surface area contributed by atoms with Crippen molar-refractivity contribution >= 4 is 44.2 Å². The van der Waals surface area contributed by atoms with Gasteiger partial charge in [0.15, 0.2) is 0 Å². The van der Waals surface area contributed by atoms with Crippen LogP contribution in [0.15, 0.2) is 28.7 Å². The van der Waals surface area contributed by atoms with Gasteiger partial charge in [-0.05, 0) is 82.2 Å². The predicted molar refractivity (Wildman–Crippen MR) is 89.1 cm³/mol. The molecule has 1 aromatic carbocycles. The second kappa shape index (κ2) is 5.65. The van der Waals surface area contributed by atoms with E-state index in [2.05, 4.69) is 93.6 Å². The molecule has 2 rings (SSSR count). The molecule has 4 heteroatoms. The number of rotatable bonds is 3. The molecule has 18 heavy (non-hydrogen) atoms. The Bertz CT molecular complexity index is 575. The minimum absolute atomic E-state index is 0.862. The van der Waals surface area contributed by atoms with Crippen LogP contribution in [0.1, 0.15) is 17.0 Å². The second-order valence-corrected chi connectivity index (χ2v) is 6.45. The third-order valence-corrected chi connectivity index (χ3v) is 5.62. The summed E-state index contributed by atoms with van der Waals surface area (Å²) in [4.78, 5) is 0. The van der Waals surface area contributed by atoms with Crippen LogP contribution in [0.25, 0.3) is 0 Å². The van der Waals surface area contributed by atoms with E-state index in [1.54, 1.807) is 0 Å². The van der Waals surface area contributed by atoms with Gasteiger partial charge in [0.1, 0.15) is 0 Å². The van der Waals surface area contributed by atoms with Crippen LogP contribution in [0.5, 0.6) is 0 Å². The summed E-state index contributed by atoms with van der Waals surface area (Å²) in [5.74, 6) is 0. The Balaban J connectivity index is 2.11. The number of aromatic nitrogens is 1. The fourth-order valence-corrected chi connectivity index (χ4v) is 2.63. The first-order valence-electron chi connectivity index (χ1n) is 5.79. The maximum Gasteiger partial charge on any atom is 0.0418 e. The average Bonchev–Trinajstić information content (AvgIpc) is 2.58. The van der Waals surface area contributed by atoms with Gasteiger partial charge >= 0.3 is 0 Å². The predicted octanol–water partition coefficient (Wildman–Crippen LogP) is 4.62. The van der Waals surface area contributed by atoms with Gasteiger partial charge in [-0.3, -0.25) is 0 Å². The monoisotopic (exact) mass is 418 g/mol. The number of benzene rings is 1. The molecule has 0 saturated heterocycles. The number of hydrogen-bond donors (Lipinski definition) is 1. The lowest BCUT2D eigenvalue weighted by atomic mass is 10.2. The zero-order valence-corrected chi connectivity index (χ0v) is 14.5. The summed E-state index contributed by atoms with van der Waals surface area (Å²) in [7, 11) is 2.11. The van der Waals surface area contributed by atoms with Crippen LogP contribution in [0.2, 0.25) is 0 Å². The first-order chi connectivity index (χ1) is 8.49. The highest BCUT2D eigenvalue weighted by Crippen LogP contribution is 2.23. The van der Waals surface area contributed by atoms with Crippen molar-refractivity contribution < 1.29 is 0 Å². The summed E-state index contributed by atoms with van der Waals surface area (Å²) >= 11 is 5.87. The fourth-order valence-electron chi connectivity index (χ4n) is 1.92. The maximum atomic E-state index is 3.55.